The van der Waals surface area contributed by atoms with E-state index in [0.717, 1.165) is 13.1 Å². The summed E-state index contributed by atoms with van der Waals surface area (Å²) in [7, 11) is 1.74. The van der Waals surface area contributed by atoms with Gasteiger partial charge in [-0.05, 0) is 13.8 Å². The number of ether oxygens (including phenoxy) is 1. The molecule has 0 saturated carbocycles. The Hall–Kier alpha value is -0.450. The van der Waals surface area contributed by atoms with E-state index in [1.807, 2.05) is 6.20 Å². The lowest BCUT2D eigenvalue weighted by molar-refractivity contribution is 0.0231. The zero-order valence-electron chi connectivity index (χ0n) is 10.8. The highest BCUT2D eigenvalue weighted by molar-refractivity contribution is 7.11. The van der Waals surface area contributed by atoms with Crippen molar-refractivity contribution in [2.24, 2.45) is 0 Å². The van der Waals surface area contributed by atoms with Gasteiger partial charge in [0.05, 0.1) is 10.6 Å². The highest BCUT2D eigenvalue weighted by atomic mass is 32.1. The third-order valence-corrected chi connectivity index (χ3v) is 3.77. The molecule has 1 aromatic heterocycles. The number of thiazole rings is 1. The van der Waals surface area contributed by atoms with Crippen LogP contribution >= 0.6 is 11.3 Å². The van der Waals surface area contributed by atoms with Crippen LogP contribution in [0.4, 0.5) is 0 Å². The van der Waals surface area contributed by atoms with Crippen molar-refractivity contribution in [2.75, 3.05) is 13.7 Å². The lowest BCUT2D eigenvalue weighted by Crippen LogP contribution is -2.36. The third-order valence-electron chi connectivity index (χ3n) is 2.47. The fourth-order valence-electron chi connectivity index (χ4n) is 1.23. The molecule has 0 bridgehead atoms. The molecule has 92 valence electrons. The number of hydrogen-bond acceptors (Lipinski definition) is 4. The van der Waals surface area contributed by atoms with Crippen molar-refractivity contribution in [3.05, 3.63) is 16.1 Å². The molecule has 0 fully saturated rings. The Balaban J connectivity index is 2.37. The van der Waals surface area contributed by atoms with Gasteiger partial charge >= 0.3 is 0 Å². The van der Waals surface area contributed by atoms with Crippen LogP contribution < -0.4 is 5.32 Å². The van der Waals surface area contributed by atoms with Crippen molar-refractivity contribution in [2.45, 2.75) is 45.8 Å². The molecule has 0 aliphatic rings. The van der Waals surface area contributed by atoms with E-state index in [-0.39, 0.29) is 5.60 Å². The Labute approximate surface area is 102 Å². The van der Waals surface area contributed by atoms with Crippen molar-refractivity contribution in [3.8, 4) is 0 Å². The van der Waals surface area contributed by atoms with Gasteiger partial charge in [0, 0.05) is 37.2 Å². The number of nitrogens with one attached hydrogen (secondary N) is 1. The summed E-state index contributed by atoms with van der Waals surface area (Å²) in [4.78, 5) is 5.69. The summed E-state index contributed by atoms with van der Waals surface area (Å²) < 4.78 is 5.34. The number of rotatable bonds is 6. The lowest BCUT2D eigenvalue weighted by atomic mass is 10.1. The van der Waals surface area contributed by atoms with Gasteiger partial charge < -0.3 is 10.1 Å². The average molecular weight is 242 g/mol. The fraction of sp³-hybridized carbons (Fsp3) is 0.750. The van der Waals surface area contributed by atoms with Crippen molar-refractivity contribution < 1.29 is 4.74 Å². The largest absolute Gasteiger partial charge is 0.377 e. The lowest BCUT2D eigenvalue weighted by Gasteiger charge is -2.22. The first-order valence-electron chi connectivity index (χ1n) is 5.65. The maximum atomic E-state index is 5.34. The SMILES string of the molecule is COC(C)(C)CNCc1cnc(C(C)C)s1. The normalized spacial score (nSPS) is 12.4. The number of aromatic nitrogens is 1. The first-order chi connectivity index (χ1) is 7.44. The monoisotopic (exact) mass is 242 g/mol. The first-order valence-corrected chi connectivity index (χ1v) is 6.47. The Kier molecular flexibility index (Phi) is 4.89. The molecule has 0 unspecified atom stereocenters. The van der Waals surface area contributed by atoms with Crippen LogP contribution in [0.15, 0.2) is 6.20 Å². The van der Waals surface area contributed by atoms with Crippen LogP contribution in [0.25, 0.3) is 0 Å². The third kappa shape index (κ3) is 4.20. The van der Waals surface area contributed by atoms with Crippen molar-refractivity contribution in [3.63, 3.8) is 0 Å². The molecule has 0 atom stereocenters. The van der Waals surface area contributed by atoms with Crippen molar-refractivity contribution >= 4 is 11.3 Å². The van der Waals surface area contributed by atoms with Crippen LogP contribution in [0.1, 0.15) is 43.5 Å². The molecule has 0 aliphatic carbocycles. The van der Waals surface area contributed by atoms with Crippen LogP contribution in [-0.2, 0) is 11.3 Å². The molecule has 16 heavy (non-hydrogen) atoms. The Morgan fingerprint density at radius 2 is 2.19 bits per heavy atom. The summed E-state index contributed by atoms with van der Waals surface area (Å²) >= 11 is 1.78. The Morgan fingerprint density at radius 3 is 2.69 bits per heavy atom. The maximum absolute atomic E-state index is 5.34. The molecular weight excluding hydrogens is 220 g/mol. The minimum absolute atomic E-state index is 0.106. The second-order valence-corrected chi connectivity index (χ2v) is 6.03. The van der Waals surface area contributed by atoms with Gasteiger partial charge in [0.15, 0.2) is 0 Å². The molecule has 1 aromatic rings. The first kappa shape index (κ1) is 13.6. The Morgan fingerprint density at radius 1 is 1.50 bits per heavy atom. The van der Waals surface area contributed by atoms with Crippen LogP contribution in [-0.4, -0.2) is 24.2 Å². The van der Waals surface area contributed by atoms with E-state index in [2.05, 4.69) is 38.0 Å². The summed E-state index contributed by atoms with van der Waals surface area (Å²) in [5.41, 5.74) is -0.106. The fourth-order valence-corrected chi connectivity index (χ4v) is 2.12. The van der Waals surface area contributed by atoms with E-state index >= 15 is 0 Å². The van der Waals surface area contributed by atoms with Crippen LogP contribution in [0.2, 0.25) is 0 Å². The molecule has 0 radical (unpaired) electrons. The van der Waals surface area contributed by atoms with E-state index in [9.17, 15) is 0 Å². The van der Waals surface area contributed by atoms with E-state index in [1.54, 1.807) is 18.4 Å². The molecule has 4 heteroatoms. The topological polar surface area (TPSA) is 34.1 Å². The van der Waals surface area contributed by atoms with Crippen LogP contribution in [0.5, 0.6) is 0 Å². The highest BCUT2D eigenvalue weighted by Gasteiger charge is 2.15. The van der Waals surface area contributed by atoms with E-state index < -0.39 is 0 Å². The van der Waals surface area contributed by atoms with E-state index in [1.165, 1.54) is 9.88 Å². The summed E-state index contributed by atoms with van der Waals surface area (Å²) in [5, 5.41) is 4.60. The Bertz CT molecular complexity index is 321. The summed E-state index contributed by atoms with van der Waals surface area (Å²) in [6, 6.07) is 0. The zero-order valence-corrected chi connectivity index (χ0v) is 11.6. The van der Waals surface area contributed by atoms with Gasteiger partial charge in [0.2, 0.25) is 0 Å². The summed E-state index contributed by atoms with van der Waals surface area (Å²) in [5.74, 6) is 0.522. The van der Waals surface area contributed by atoms with E-state index in [4.69, 9.17) is 4.74 Å². The number of hydrogen-bond donors (Lipinski definition) is 1. The minimum Gasteiger partial charge on any atom is -0.377 e. The maximum Gasteiger partial charge on any atom is 0.0953 e. The minimum atomic E-state index is -0.106. The van der Waals surface area contributed by atoms with Crippen molar-refractivity contribution in [1.29, 1.82) is 0 Å². The van der Waals surface area contributed by atoms with E-state index in [0.29, 0.717) is 5.92 Å². The second-order valence-electron chi connectivity index (χ2n) is 4.89. The zero-order chi connectivity index (χ0) is 12.2. The molecule has 0 aromatic carbocycles. The van der Waals surface area contributed by atoms with Crippen LogP contribution in [0, 0.1) is 0 Å². The van der Waals surface area contributed by atoms with Gasteiger partial charge in [-0.15, -0.1) is 11.3 Å². The molecule has 1 N–H and O–H groups in total. The molecule has 3 nitrogen and oxygen atoms in total. The standard InChI is InChI=1S/C12H22N2OS/c1-9(2)11-14-7-10(16-11)6-13-8-12(3,4)15-5/h7,9,13H,6,8H2,1-5H3. The van der Waals surface area contributed by atoms with Crippen LogP contribution in [0.3, 0.4) is 0 Å². The smallest absolute Gasteiger partial charge is 0.0953 e. The molecule has 0 saturated heterocycles. The molecule has 1 rings (SSSR count). The van der Waals surface area contributed by atoms with Gasteiger partial charge in [0.25, 0.3) is 0 Å². The highest BCUT2D eigenvalue weighted by Crippen LogP contribution is 2.20. The molecule has 0 spiro atoms. The molecule has 1 heterocycles. The van der Waals surface area contributed by atoms with Gasteiger partial charge in [-0.1, -0.05) is 13.8 Å². The predicted octanol–water partition coefficient (Wildman–Crippen LogP) is 2.78. The van der Waals surface area contributed by atoms with Gasteiger partial charge in [-0.2, -0.15) is 0 Å². The van der Waals surface area contributed by atoms with Gasteiger partial charge in [-0.25, -0.2) is 4.98 Å². The number of nitrogens with zero attached hydrogens (tertiary/aromatic N) is 1. The summed E-state index contributed by atoms with van der Waals surface area (Å²) in [6.07, 6.45) is 1.97. The van der Waals surface area contributed by atoms with Gasteiger partial charge in [-0.3, -0.25) is 0 Å². The average Bonchev–Trinajstić information content (AvgIpc) is 2.66. The van der Waals surface area contributed by atoms with Gasteiger partial charge in [0.1, 0.15) is 0 Å². The quantitative estimate of drug-likeness (QED) is 0.833. The predicted molar refractivity (Wildman–Crippen MR) is 69.0 cm³/mol. The molecule has 0 amide bonds. The summed E-state index contributed by atoms with van der Waals surface area (Å²) in [6.45, 7) is 10.2. The second kappa shape index (κ2) is 5.75. The molecule has 0 aliphatic heterocycles. The number of methoxy groups -OCH3 is 1. The molecular formula is C12H22N2OS. The van der Waals surface area contributed by atoms with Crippen molar-refractivity contribution in [1.82, 2.24) is 10.3 Å².